The van der Waals surface area contributed by atoms with E-state index in [1.807, 2.05) is 19.1 Å². The number of carbonyl (C=O) groups excluding carboxylic acids is 5. The molecule has 0 saturated carbocycles. The summed E-state index contributed by atoms with van der Waals surface area (Å²) in [5.74, 6) is -0.461. The van der Waals surface area contributed by atoms with Crippen LogP contribution in [0.25, 0.3) is 0 Å². The van der Waals surface area contributed by atoms with Crippen LogP contribution >= 0.6 is 0 Å². The van der Waals surface area contributed by atoms with E-state index in [4.69, 9.17) is 28.4 Å². The van der Waals surface area contributed by atoms with Gasteiger partial charge in [0, 0.05) is 12.0 Å². The Morgan fingerprint density at radius 3 is 1.65 bits per heavy atom. The molecule has 12 heteroatoms. The molecule has 12 nitrogen and oxygen atoms in total. The van der Waals surface area contributed by atoms with Crippen LogP contribution < -0.4 is 19.5 Å². The number of esters is 4. The monoisotopic (exact) mass is 717 g/mol. The summed E-state index contributed by atoms with van der Waals surface area (Å²) in [6.07, 6.45) is 5.11. The highest BCUT2D eigenvalue weighted by atomic mass is 16.6. The number of benzene rings is 3. The molecule has 0 aliphatic rings. The first kappa shape index (κ1) is 40.8. The summed E-state index contributed by atoms with van der Waals surface area (Å²) < 4.78 is 31.8. The summed E-state index contributed by atoms with van der Waals surface area (Å²) in [5, 5.41) is 2.49. The number of rotatable bonds is 22. The van der Waals surface area contributed by atoms with E-state index in [9.17, 15) is 24.0 Å². The molecule has 0 spiro atoms. The smallest absolute Gasteiger partial charge is 0.407 e. The molecule has 0 heterocycles. The molecule has 3 aromatic rings. The third-order valence-corrected chi connectivity index (χ3v) is 7.40. The molecule has 0 radical (unpaired) electrons. The lowest BCUT2D eigenvalue weighted by Gasteiger charge is -2.09. The first-order valence-electron chi connectivity index (χ1n) is 17.3. The molecule has 0 saturated heterocycles. The molecule has 52 heavy (non-hydrogen) atoms. The summed E-state index contributed by atoms with van der Waals surface area (Å²) in [4.78, 5) is 59.7. The Morgan fingerprint density at radius 1 is 0.577 bits per heavy atom. The van der Waals surface area contributed by atoms with Crippen LogP contribution in [-0.2, 0) is 23.8 Å². The van der Waals surface area contributed by atoms with Gasteiger partial charge in [0.1, 0.15) is 23.9 Å². The molecular formula is C40H47NO11. The van der Waals surface area contributed by atoms with Gasteiger partial charge in [0.2, 0.25) is 0 Å². The number of aryl methyl sites for hydroxylation is 1. The van der Waals surface area contributed by atoms with Gasteiger partial charge in [0.05, 0.1) is 37.5 Å². The number of amides is 1. The van der Waals surface area contributed by atoms with E-state index in [2.05, 4.69) is 11.9 Å². The third-order valence-electron chi connectivity index (χ3n) is 7.40. The minimum absolute atomic E-state index is 0.0361. The van der Waals surface area contributed by atoms with E-state index in [-0.39, 0.29) is 25.7 Å². The molecule has 0 fully saturated rings. The van der Waals surface area contributed by atoms with Gasteiger partial charge < -0.3 is 33.7 Å². The number of unbranched alkanes of at least 4 members (excludes halogenated alkanes) is 5. The van der Waals surface area contributed by atoms with Crippen molar-refractivity contribution >= 4 is 30.0 Å². The molecule has 0 atom stereocenters. The van der Waals surface area contributed by atoms with Crippen molar-refractivity contribution in [3.8, 4) is 17.2 Å². The van der Waals surface area contributed by atoms with Gasteiger partial charge in [-0.15, -0.1) is 0 Å². The minimum atomic E-state index is -0.589. The Balaban J connectivity index is 1.16. The van der Waals surface area contributed by atoms with Crippen molar-refractivity contribution in [1.29, 1.82) is 0 Å². The highest BCUT2D eigenvalue weighted by Gasteiger charge is 2.12. The van der Waals surface area contributed by atoms with Gasteiger partial charge in [-0.2, -0.15) is 0 Å². The zero-order valence-corrected chi connectivity index (χ0v) is 29.8. The second-order valence-electron chi connectivity index (χ2n) is 11.9. The molecular weight excluding hydrogens is 670 g/mol. The van der Waals surface area contributed by atoms with Crippen LogP contribution in [0.2, 0.25) is 0 Å². The Labute approximate surface area is 304 Å². The fourth-order valence-electron chi connectivity index (χ4n) is 4.47. The van der Waals surface area contributed by atoms with Gasteiger partial charge in [-0.25, -0.2) is 19.2 Å². The summed E-state index contributed by atoms with van der Waals surface area (Å²) in [7, 11) is 0. The van der Waals surface area contributed by atoms with Crippen molar-refractivity contribution in [3.05, 3.63) is 102 Å². The van der Waals surface area contributed by atoms with E-state index in [1.165, 1.54) is 0 Å². The topological polar surface area (TPSA) is 153 Å². The second-order valence-corrected chi connectivity index (χ2v) is 11.9. The summed E-state index contributed by atoms with van der Waals surface area (Å²) in [6, 6.07) is 20.0. The van der Waals surface area contributed by atoms with Gasteiger partial charge in [-0.05, 0) is 119 Å². The predicted molar refractivity (Wildman–Crippen MR) is 192 cm³/mol. The van der Waals surface area contributed by atoms with E-state index in [0.29, 0.717) is 66.4 Å². The Bertz CT molecular complexity index is 1600. The molecule has 0 aliphatic carbocycles. The largest absolute Gasteiger partial charge is 0.494 e. The summed E-state index contributed by atoms with van der Waals surface area (Å²) in [5.41, 5.74) is 2.14. The van der Waals surface area contributed by atoms with Crippen LogP contribution in [-0.4, -0.2) is 62.9 Å². The molecule has 3 aromatic carbocycles. The SMILES string of the molecule is C=C(C)C(=O)OCCNC(=O)OCCCCCC(=O)OCCCCCCOc1ccc(C(=O)Oc2ccc(OC(=O)c3ccc(C)cc3)cc2)cc1. The number of nitrogens with one attached hydrogen (secondary N) is 1. The number of hydrogen-bond acceptors (Lipinski definition) is 11. The summed E-state index contributed by atoms with van der Waals surface area (Å²) in [6.45, 7) is 8.24. The van der Waals surface area contributed by atoms with E-state index in [0.717, 1.165) is 37.7 Å². The molecule has 0 bridgehead atoms. The quantitative estimate of drug-likeness (QED) is 0.0366. The van der Waals surface area contributed by atoms with Crippen LogP contribution in [0.1, 0.15) is 84.6 Å². The standard InChI is InChI=1S/C40H47NO11/c1-29(2)37(43)49-28-24-41-40(46)50-27-10-6-7-11-36(42)48-26-9-5-4-8-25-47-33-18-16-32(17-19-33)39(45)52-35-22-20-34(21-23-35)51-38(44)31-14-12-30(3)13-15-31/h12-23H,1,4-11,24-28H2,2-3H3,(H,41,46). The zero-order chi connectivity index (χ0) is 37.6. The molecule has 1 amide bonds. The maximum absolute atomic E-state index is 12.6. The Hall–Kier alpha value is -5.65. The predicted octanol–water partition coefficient (Wildman–Crippen LogP) is 7.32. The molecule has 1 N–H and O–H groups in total. The number of carbonyl (C=O) groups is 5. The number of alkyl carbamates (subject to hydrolysis) is 1. The maximum Gasteiger partial charge on any atom is 0.407 e. The minimum Gasteiger partial charge on any atom is -0.494 e. The Kier molecular flexibility index (Phi) is 18.0. The third kappa shape index (κ3) is 16.4. The number of ether oxygens (including phenoxy) is 6. The van der Waals surface area contributed by atoms with Crippen LogP contribution in [0.5, 0.6) is 17.2 Å². The Morgan fingerprint density at radius 2 is 1.08 bits per heavy atom. The lowest BCUT2D eigenvalue weighted by atomic mass is 10.1. The average Bonchev–Trinajstić information content (AvgIpc) is 3.13. The maximum atomic E-state index is 12.6. The highest BCUT2D eigenvalue weighted by molar-refractivity contribution is 5.92. The van der Waals surface area contributed by atoms with Gasteiger partial charge in [-0.1, -0.05) is 24.3 Å². The first-order valence-corrected chi connectivity index (χ1v) is 17.3. The lowest BCUT2D eigenvalue weighted by Crippen LogP contribution is -2.29. The van der Waals surface area contributed by atoms with Crippen LogP contribution in [0.4, 0.5) is 4.79 Å². The van der Waals surface area contributed by atoms with E-state index < -0.39 is 24.0 Å². The van der Waals surface area contributed by atoms with Gasteiger partial charge >= 0.3 is 30.0 Å². The first-order chi connectivity index (χ1) is 25.1. The van der Waals surface area contributed by atoms with Crippen molar-refractivity contribution in [3.63, 3.8) is 0 Å². The van der Waals surface area contributed by atoms with Crippen molar-refractivity contribution in [2.24, 2.45) is 0 Å². The summed E-state index contributed by atoms with van der Waals surface area (Å²) >= 11 is 0. The fourth-order valence-corrected chi connectivity index (χ4v) is 4.47. The highest BCUT2D eigenvalue weighted by Crippen LogP contribution is 2.21. The van der Waals surface area contributed by atoms with Crippen LogP contribution in [0, 0.1) is 6.92 Å². The molecule has 0 aliphatic heterocycles. The molecule has 0 unspecified atom stereocenters. The molecule has 278 valence electrons. The van der Waals surface area contributed by atoms with Gasteiger partial charge in [-0.3, -0.25) is 4.79 Å². The average molecular weight is 718 g/mol. The lowest BCUT2D eigenvalue weighted by molar-refractivity contribution is -0.144. The van der Waals surface area contributed by atoms with E-state index in [1.54, 1.807) is 67.6 Å². The molecule has 3 rings (SSSR count). The number of hydrogen-bond donors (Lipinski definition) is 1. The van der Waals surface area contributed by atoms with Crippen molar-refractivity contribution in [1.82, 2.24) is 5.32 Å². The van der Waals surface area contributed by atoms with Gasteiger partial charge in [0.25, 0.3) is 0 Å². The van der Waals surface area contributed by atoms with Crippen LogP contribution in [0.15, 0.2) is 84.9 Å². The van der Waals surface area contributed by atoms with Crippen molar-refractivity contribution < 1.29 is 52.4 Å². The van der Waals surface area contributed by atoms with Gasteiger partial charge in [0.15, 0.2) is 0 Å². The fraction of sp³-hybridized carbons (Fsp3) is 0.375. The van der Waals surface area contributed by atoms with Crippen LogP contribution in [0.3, 0.4) is 0 Å². The zero-order valence-electron chi connectivity index (χ0n) is 29.8. The normalized spacial score (nSPS) is 10.4. The van der Waals surface area contributed by atoms with Crippen molar-refractivity contribution in [2.75, 3.05) is 33.0 Å². The second kappa shape index (κ2) is 22.9. The van der Waals surface area contributed by atoms with E-state index >= 15 is 0 Å². The van der Waals surface area contributed by atoms with Crippen molar-refractivity contribution in [2.45, 2.75) is 65.2 Å². The molecule has 0 aromatic heterocycles.